The van der Waals surface area contributed by atoms with E-state index in [9.17, 15) is 18.0 Å². The van der Waals surface area contributed by atoms with Crippen LogP contribution in [0.2, 0.25) is 0 Å². The Morgan fingerprint density at radius 3 is 2.16 bits per heavy atom. The Kier molecular flexibility index (Phi) is 8.77. The lowest BCUT2D eigenvalue weighted by Crippen LogP contribution is -2.52. The van der Waals surface area contributed by atoms with Crippen LogP contribution >= 0.6 is 0 Å². The van der Waals surface area contributed by atoms with E-state index in [1.807, 2.05) is 34.1 Å². The number of urea groups is 1. The summed E-state index contributed by atoms with van der Waals surface area (Å²) >= 11 is 0. The van der Waals surface area contributed by atoms with Gasteiger partial charge in [0.2, 0.25) is 0 Å². The van der Waals surface area contributed by atoms with Crippen LogP contribution in [-0.4, -0.2) is 81.3 Å². The van der Waals surface area contributed by atoms with Gasteiger partial charge in [0.25, 0.3) is 0 Å². The van der Waals surface area contributed by atoms with Crippen LogP contribution in [0.1, 0.15) is 24.0 Å². The van der Waals surface area contributed by atoms with Crippen LogP contribution in [-0.2, 0) is 6.18 Å². The molecule has 0 saturated carbocycles. The van der Waals surface area contributed by atoms with Crippen LogP contribution in [0.5, 0.6) is 0 Å². The average molecular weight is 515 g/mol. The maximum atomic E-state index is 13.2. The van der Waals surface area contributed by atoms with Gasteiger partial charge in [0.15, 0.2) is 0 Å². The number of piperazine rings is 2. The average Bonchev–Trinajstić information content (AvgIpc) is 2.93. The summed E-state index contributed by atoms with van der Waals surface area (Å²) in [4.78, 5) is 20.9. The molecule has 2 aromatic carbocycles. The van der Waals surface area contributed by atoms with Gasteiger partial charge in [0, 0.05) is 70.3 Å². The molecule has 2 aliphatic rings. The quantitative estimate of drug-likeness (QED) is 0.566. The van der Waals surface area contributed by atoms with E-state index in [2.05, 4.69) is 27.2 Å². The molecule has 2 saturated heterocycles. The first kappa shape index (κ1) is 26.6. The van der Waals surface area contributed by atoms with Crippen molar-refractivity contribution in [1.29, 1.82) is 5.26 Å². The molecule has 2 aromatic rings. The lowest BCUT2D eigenvalue weighted by atomic mass is 10.1. The molecule has 1 N–H and O–H groups in total. The molecule has 2 aliphatic heterocycles. The van der Waals surface area contributed by atoms with Crippen molar-refractivity contribution in [3.63, 3.8) is 0 Å². The number of rotatable bonds is 7. The molecular weight excluding hydrogens is 481 g/mol. The second-order valence-corrected chi connectivity index (χ2v) is 9.46. The Labute approximate surface area is 216 Å². The number of nitrogens with zero attached hydrogens (tertiary/aromatic N) is 5. The number of hydrogen-bond acceptors (Lipinski definition) is 5. The molecule has 0 bridgehead atoms. The van der Waals surface area contributed by atoms with Gasteiger partial charge in [-0.1, -0.05) is 18.2 Å². The van der Waals surface area contributed by atoms with Crippen LogP contribution < -0.4 is 15.1 Å². The number of carbonyl (C=O) groups is 1. The lowest BCUT2D eigenvalue weighted by Gasteiger charge is -2.36. The Bertz CT molecular complexity index is 1070. The summed E-state index contributed by atoms with van der Waals surface area (Å²) in [6.45, 7) is 7.26. The Balaban J connectivity index is 1.12. The predicted octanol–water partition coefficient (Wildman–Crippen LogP) is 4.01. The molecule has 0 unspecified atom stereocenters. The van der Waals surface area contributed by atoms with Crippen molar-refractivity contribution in [2.24, 2.45) is 0 Å². The first-order valence-electron chi connectivity index (χ1n) is 12.8. The third kappa shape index (κ3) is 7.29. The van der Waals surface area contributed by atoms with Crippen molar-refractivity contribution in [2.45, 2.75) is 19.0 Å². The number of benzene rings is 2. The maximum absolute atomic E-state index is 13.2. The molecule has 0 spiro atoms. The predicted molar refractivity (Wildman–Crippen MR) is 138 cm³/mol. The molecule has 7 nitrogen and oxygen atoms in total. The molecule has 198 valence electrons. The van der Waals surface area contributed by atoms with Gasteiger partial charge in [-0.25, -0.2) is 4.79 Å². The monoisotopic (exact) mass is 514 g/mol. The summed E-state index contributed by atoms with van der Waals surface area (Å²) in [7, 11) is 0. The van der Waals surface area contributed by atoms with Crippen LogP contribution in [0, 0.1) is 11.3 Å². The van der Waals surface area contributed by atoms with Crippen molar-refractivity contribution in [3.8, 4) is 6.07 Å². The number of halogens is 3. The minimum absolute atomic E-state index is 0.0147. The number of para-hydroxylation sites is 1. The molecule has 4 rings (SSSR count). The minimum atomic E-state index is -4.48. The number of alkyl halides is 3. The topological polar surface area (TPSA) is 65.9 Å². The minimum Gasteiger partial charge on any atom is -0.369 e. The third-order valence-electron chi connectivity index (χ3n) is 6.98. The van der Waals surface area contributed by atoms with E-state index in [4.69, 9.17) is 5.26 Å². The smallest absolute Gasteiger partial charge is 0.369 e. The summed E-state index contributed by atoms with van der Waals surface area (Å²) in [5, 5.41) is 12.1. The summed E-state index contributed by atoms with van der Waals surface area (Å²) in [5.41, 5.74) is 0.861. The highest BCUT2D eigenvalue weighted by molar-refractivity contribution is 5.74. The fourth-order valence-corrected chi connectivity index (χ4v) is 4.83. The third-order valence-corrected chi connectivity index (χ3v) is 6.98. The fraction of sp³-hybridized carbons (Fsp3) is 0.481. The molecule has 0 aliphatic carbocycles. The number of unbranched alkanes of at least 4 members (excludes halogenated alkanes) is 1. The van der Waals surface area contributed by atoms with Gasteiger partial charge < -0.3 is 20.0 Å². The summed E-state index contributed by atoms with van der Waals surface area (Å²) < 4.78 is 39.6. The molecule has 10 heteroatoms. The van der Waals surface area contributed by atoms with Crippen LogP contribution in [0.4, 0.5) is 29.3 Å². The number of nitrogens with one attached hydrogen (secondary N) is 1. The fourth-order valence-electron chi connectivity index (χ4n) is 4.83. The van der Waals surface area contributed by atoms with Crippen LogP contribution in [0.25, 0.3) is 0 Å². The van der Waals surface area contributed by atoms with E-state index in [-0.39, 0.29) is 11.6 Å². The normalized spacial score (nSPS) is 17.0. The van der Waals surface area contributed by atoms with Crippen molar-refractivity contribution >= 4 is 17.4 Å². The zero-order valence-electron chi connectivity index (χ0n) is 20.9. The highest BCUT2D eigenvalue weighted by atomic mass is 19.4. The number of nitriles is 1. The number of anilines is 2. The zero-order valence-corrected chi connectivity index (χ0v) is 20.9. The van der Waals surface area contributed by atoms with E-state index in [1.165, 1.54) is 11.8 Å². The lowest BCUT2D eigenvalue weighted by molar-refractivity contribution is -0.137. The first-order valence-corrected chi connectivity index (χ1v) is 12.8. The second kappa shape index (κ2) is 12.2. The standard InChI is InChI=1S/C27H33F3N6O/c28-27(29,30)23-18-22(21-31)19-25(20-23)35-12-10-33(11-13-35)9-5-4-8-32-26(37)36-16-14-34(15-17-36)24-6-2-1-3-7-24/h1-3,6-7,18-20H,4-5,8-17H2,(H,32,37). The second-order valence-electron chi connectivity index (χ2n) is 9.46. The highest BCUT2D eigenvalue weighted by Gasteiger charge is 2.32. The van der Waals surface area contributed by atoms with Crippen LogP contribution in [0.3, 0.4) is 0 Å². The molecule has 2 heterocycles. The van der Waals surface area contributed by atoms with E-state index in [0.717, 1.165) is 57.7 Å². The van der Waals surface area contributed by atoms with E-state index >= 15 is 0 Å². The van der Waals surface area contributed by atoms with Gasteiger partial charge in [-0.3, -0.25) is 4.90 Å². The molecule has 0 radical (unpaired) electrons. The van der Waals surface area contributed by atoms with E-state index < -0.39 is 11.7 Å². The van der Waals surface area contributed by atoms with Gasteiger partial charge in [-0.2, -0.15) is 18.4 Å². The molecule has 0 atom stereocenters. The Hall–Kier alpha value is -3.45. The van der Waals surface area contributed by atoms with Gasteiger partial charge >= 0.3 is 12.2 Å². The van der Waals surface area contributed by atoms with Gasteiger partial charge in [0.05, 0.1) is 17.2 Å². The van der Waals surface area contributed by atoms with Crippen LogP contribution in [0.15, 0.2) is 48.5 Å². The highest BCUT2D eigenvalue weighted by Crippen LogP contribution is 2.33. The molecule has 2 fully saturated rings. The van der Waals surface area contributed by atoms with Crippen molar-refractivity contribution in [1.82, 2.24) is 15.1 Å². The molecule has 0 aromatic heterocycles. The summed E-state index contributed by atoms with van der Waals surface area (Å²) in [5.74, 6) is 0. The molecular formula is C27H33F3N6O. The zero-order chi connectivity index (χ0) is 26.3. The van der Waals surface area contributed by atoms with E-state index in [1.54, 1.807) is 0 Å². The largest absolute Gasteiger partial charge is 0.416 e. The van der Waals surface area contributed by atoms with Gasteiger partial charge in [-0.05, 0) is 49.7 Å². The Morgan fingerprint density at radius 1 is 0.865 bits per heavy atom. The first-order chi connectivity index (χ1) is 17.8. The summed E-state index contributed by atoms with van der Waals surface area (Å²) in [6, 6.07) is 15.6. The number of amides is 2. The molecule has 2 amide bonds. The maximum Gasteiger partial charge on any atom is 0.416 e. The molecule has 37 heavy (non-hydrogen) atoms. The van der Waals surface area contributed by atoms with Crippen molar-refractivity contribution in [2.75, 3.05) is 75.2 Å². The Morgan fingerprint density at radius 2 is 1.51 bits per heavy atom. The number of carbonyl (C=O) groups excluding carboxylic acids is 1. The number of hydrogen-bond donors (Lipinski definition) is 1. The van der Waals surface area contributed by atoms with Gasteiger partial charge in [0.1, 0.15) is 0 Å². The summed E-state index contributed by atoms with van der Waals surface area (Å²) in [6.07, 6.45) is -2.67. The van der Waals surface area contributed by atoms with Crippen molar-refractivity contribution < 1.29 is 18.0 Å². The van der Waals surface area contributed by atoms with Gasteiger partial charge in [-0.15, -0.1) is 0 Å². The van der Waals surface area contributed by atoms with Crippen molar-refractivity contribution in [3.05, 3.63) is 59.7 Å². The van der Waals surface area contributed by atoms with E-state index in [0.29, 0.717) is 38.4 Å². The SMILES string of the molecule is N#Cc1cc(N2CCN(CCCCNC(=O)N3CCN(c4ccccc4)CC3)CC2)cc(C(F)(F)F)c1.